The highest BCUT2D eigenvalue weighted by atomic mass is 16.2. The fraction of sp³-hybridized carbons (Fsp3) is 0.636. The predicted molar refractivity (Wildman–Crippen MR) is 62.7 cm³/mol. The highest BCUT2D eigenvalue weighted by Gasteiger charge is 2.26. The van der Waals surface area contributed by atoms with Crippen molar-refractivity contribution in [3.8, 4) is 0 Å². The number of imidazole rings is 1. The summed E-state index contributed by atoms with van der Waals surface area (Å²) in [5.41, 5.74) is 6.62. The molecule has 1 atom stereocenters. The van der Waals surface area contributed by atoms with Crippen molar-refractivity contribution in [1.29, 1.82) is 0 Å². The molecule has 1 aromatic rings. The van der Waals surface area contributed by atoms with E-state index in [2.05, 4.69) is 15.3 Å². The molecule has 0 spiro atoms. The predicted octanol–water partition coefficient (Wildman–Crippen LogP) is 0.442. The number of aromatic amines is 1. The van der Waals surface area contributed by atoms with Gasteiger partial charge in [0.2, 0.25) is 5.91 Å². The van der Waals surface area contributed by atoms with E-state index in [-0.39, 0.29) is 11.3 Å². The lowest BCUT2D eigenvalue weighted by molar-refractivity contribution is -0.124. The van der Waals surface area contributed by atoms with Crippen molar-refractivity contribution in [1.82, 2.24) is 15.3 Å². The zero-order valence-electron chi connectivity index (χ0n) is 10.1. The van der Waals surface area contributed by atoms with Gasteiger partial charge in [0.15, 0.2) is 0 Å². The van der Waals surface area contributed by atoms with E-state index in [9.17, 15) is 4.79 Å². The van der Waals surface area contributed by atoms with E-state index >= 15 is 0 Å². The van der Waals surface area contributed by atoms with Gasteiger partial charge in [0.25, 0.3) is 0 Å². The second-order valence-corrected chi connectivity index (χ2v) is 4.96. The maximum Gasteiger partial charge on any atom is 0.237 e. The van der Waals surface area contributed by atoms with Crippen LogP contribution in [0.5, 0.6) is 0 Å². The number of aromatic nitrogens is 2. The fourth-order valence-electron chi connectivity index (χ4n) is 1.25. The lowest BCUT2D eigenvalue weighted by Gasteiger charge is -2.25. The van der Waals surface area contributed by atoms with Gasteiger partial charge in [0, 0.05) is 24.9 Å². The summed E-state index contributed by atoms with van der Waals surface area (Å²) in [6.07, 6.45) is 4.11. The quantitative estimate of drug-likeness (QED) is 0.694. The first-order chi connectivity index (χ1) is 7.41. The van der Waals surface area contributed by atoms with Crippen molar-refractivity contribution in [3.05, 3.63) is 18.2 Å². The molecule has 0 radical (unpaired) electrons. The summed E-state index contributed by atoms with van der Waals surface area (Å²) < 4.78 is 0. The minimum Gasteiger partial charge on any atom is -0.354 e. The molecule has 0 aliphatic rings. The summed E-state index contributed by atoms with van der Waals surface area (Å²) >= 11 is 0. The number of nitrogens with one attached hydrogen (secondary N) is 2. The molecule has 5 heteroatoms. The Morgan fingerprint density at radius 2 is 2.31 bits per heavy atom. The Morgan fingerprint density at radius 3 is 2.81 bits per heavy atom. The van der Waals surface area contributed by atoms with Crippen molar-refractivity contribution in [3.63, 3.8) is 0 Å². The average molecular weight is 224 g/mol. The highest BCUT2D eigenvalue weighted by Crippen LogP contribution is 2.16. The maximum absolute atomic E-state index is 11.7. The third kappa shape index (κ3) is 3.66. The first kappa shape index (κ1) is 12.7. The molecule has 1 rings (SSSR count). The van der Waals surface area contributed by atoms with Gasteiger partial charge >= 0.3 is 0 Å². The van der Waals surface area contributed by atoms with E-state index < -0.39 is 6.04 Å². The Bertz CT molecular complexity index is 326. The third-order valence-corrected chi connectivity index (χ3v) is 2.46. The summed E-state index contributed by atoms with van der Waals surface area (Å²) in [5, 5.41) is 2.82. The smallest absolute Gasteiger partial charge is 0.237 e. The van der Waals surface area contributed by atoms with Crippen LogP contribution in [0, 0.1) is 5.41 Å². The van der Waals surface area contributed by atoms with Gasteiger partial charge in [0.05, 0.1) is 12.4 Å². The van der Waals surface area contributed by atoms with Crippen LogP contribution < -0.4 is 11.1 Å². The second kappa shape index (κ2) is 5.12. The first-order valence-electron chi connectivity index (χ1n) is 5.42. The number of amides is 1. The molecule has 4 N–H and O–H groups in total. The number of hydrogen-bond donors (Lipinski definition) is 3. The molecule has 0 aliphatic carbocycles. The van der Waals surface area contributed by atoms with Crippen LogP contribution in [0.1, 0.15) is 26.5 Å². The molecule has 5 nitrogen and oxygen atoms in total. The molecule has 0 unspecified atom stereocenters. The SMILES string of the molecule is CC(C)(C)[C@H](N)C(=O)NCCc1cnc[nH]1. The van der Waals surface area contributed by atoms with Gasteiger partial charge in [-0.15, -0.1) is 0 Å². The maximum atomic E-state index is 11.7. The standard InChI is InChI=1S/C11H20N4O/c1-11(2,3)9(12)10(16)14-5-4-8-6-13-7-15-8/h6-7,9H,4-5,12H2,1-3H3,(H,13,15)(H,14,16)/t9-/m1/s1. The van der Waals surface area contributed by atoms with Crippen LogP contribution in [-0.4, -0.2) is 28.5 Å². The number of carbonyl (C=O) groups excluding carboxylic acids is 1. The van der Waals surface area contributed by atoms with E-state index in [1.54, 1.807) is 12.5 Å². The van der Waals surface area contributed by atoms with Crippen LogP contribution in [0.25, 0.3) is 0 Å². The van der Waals surface area contributed by atoms with Gasteiger partial charge in [-0.2, -0.15) is 0 Å². The molecular weight excluding hydrogens is 204 g/mol. The van der Waals surface area contributed by atoms with Crippen LogP contribution in [0.15, 0.2) is 12.5 Å². The van der Waals surface area contributed by atoms with Crippen molar-refractivity contribution in [2.75, 3.05) is 6.54 Å². The van der Waals surface area contributed by atoms with Gasteiger partial charge in [-0.1, -0.05) is 20.8 Å². The molecule has 0 saturated carbocycles. The van der Waals surface area contributed by atoms with E-state index in [0.29, 0.717) is 6.54 Å². The van der Waals surface area contributed by atoms with Crippen molar-refractivity contribution in [2.45, 2.75) is 33.2 Å². The van der Waals surface area contributed by atoms with E-state index in [0.717, 1.165) is 12.1 Å². The van der Waals surface area contributed by atoms with E-state index in [1.807, 2.05) is 20.8 Å². The summed E-state index contributed by atoms with van der Waals surface area (Å²) in [6, 6.07) is -0.478. The zero-order chi connectivity index (χ0) is 12.2. The lowest BCUT2D eigenvalue weighted by Crippen LogP contribution is -2.49. The van der Waals surface area contributed by atoms with Gasteiger partial charge in [-0.25, -0.2) is 4.98 Å². The Kier molecular flexibility index (Phi) is 4.06. The van der Waals surface area contributed by atoms with Gasteiger partial charge in [0.1, 0.15) is 0 Å². The largest absolute Gasteiger partial charge is 0.354 e. The molecule has 16 heavy (non-hydrogen) atoms. The molecular formula is C11H20N4O. The number of hydrogen-bond acceptors (Lipinski definition) is 3. The Labute approximate surface area is 95.8 Å². The van der Waals surface area contributed by atoms with Gasteiger partial charge in [-0.3, -0.25) is 4.79 Å². The monoisotopic (exact) mass is 224 g/mol. The minimum atomic E-state index is -0.478. The molecule has 1 aromatic heterocycles. The van der Waals surface area contributed by atoms with Crippen molar-refractivity contribution in [2.24, 2.45) is 11.1 Å². The van der Waals surface area contributed by atoms with Crippen molar-refractivity contribution < 1.29 is 4.79 Å². The normalized spacial score (nSPS) is 13.5. The number of rotatable bonds is 4. The summed E-state index contributed by atoms with van der Waals surface area (Å²) in [4.78, 5) is 18.5. The van der Waals surface area contributed by atoms with E-state index in [1.165, 1.54) is 0 Å². The average Bonchev–Trinajstić information content (AvgIpc) is 2.67. The Hall–Kier alpha value is -1.36. The Balaban J connectivity index is 2.30. The molecule has 0 bridgehead atoms. The number of nitrogens with two attached hydrogens (primary N) is 1. The molecule has 0 aliphatic heterocycles. The highest BCUT2D eigenvalue weighted by molar-refractivity contribution is 5.82. The Morgan fingerprint density at radius 1 is 1.62 bits per heavy atom. The lowest BCUT2D eigenvalue weighted by atomic mass is 9.87. The minimum absolute atomic E-state index is 0.105. The fourth-order valence-corrected chi connectivity index (χ4v) is 1.25. The van der Waals surface area contributed by atoms with Crippen LogP contribution in [0.3, 0.4) is 0 Å². The summed E-state index contributed by atoms with van der Waals surface area (Å²) in [7, 11) is 0. The number of nitrogens with zero attached hydrogens (tertiary/aromatic N) is 1. The molecule has 0 fully saturated rings. The number of H-pyrrole nitrogens is 1. The number of carbonyl (C=O) groups is 1. The van der Waals surface area contributed by atoms with Gasteiger partial charge < -0.3 is 16.0 Å². The van der Waals surface area contributed by atoms with Crippen molar-refractivity contribution >= 4 is 5.91 Å². The molecule has 0 aromatic carbocycles. The summed E-state index contributed by atoms with van der Waals surface area (Å²) in [5.74, 6) is -0.105. The molecule has 90 valence electrons. The van der Waals surface area contributed by atoms with Gasteiger partial charge in [-0.05, 0) is 5.41 Å². The summed E-state index contributed by atoms with van der Waals surface area (Å²) in [6.45, 7) is 6.43. The topological polar surface area (TPSA) is 83.8 Å². The van der Waals surface area contributed by atoms with Crippen LogP contribution in [-0.2, 0) is 11.2 Å². The second-order valence-electron chi connectivity index (χ2n) is 4.96. The third-order valence-electron chi connectivity index (χ3n) is 2.46. The molecule has 1 amide bonds. The zero-order valence-corrected chi connectivity index (χ0v) is 10.1. The molecule has 0 saturated heterocycles. The van der Waals surface area contributed by atoms with E-state index in [4.69, 9.17) is 5.73 Å². The van der Waals surface area contributed by atoms with Crippen LogP contribution >= 0.6 is 0 Å². The van der Waals surface area contributed by atoms with Crippen LogP contribution in [0.4, 0.5) is 0 Å². The first-order valence-corrected chi connectivity index (χ1v) is 5.42. The van der Waals surface area contributed by atoms with Crippen LogP contribution in [0.2, 0.25) is 0 Å². The molecule has 1 heterocycles.